The number of fused-ring (bicyclic) bond motifs is 2. The van der Waals surface area contributed by atoms with Gasteiger partial charge >= 0.3 is 0 Å². The Hall–Kier alpha value is -3.38. The standard InChI is InChI=1S/C27H28N4OS/c1-4-19-9-11-28-23(19)14-21-25-22(31-27(21)32)8-5-16(2)26(25)30-17(3)29-15-18-6-7-20-10-12-33-24(20)13-18/h5-9,11,13-14,28-30H,3-4,10,12,15H2,1-2H3,(H,31,32)/b21-14-. The molecule has 0 bridgehead atoms. The van der Waals surface area contributed by atoms with E-state index in [1.165, 1.54) is 27.3 Å². The number of benzene rings is 2. The maximum Gasteiger partial charge on any atom is 0.256 e. The van der Waals surface area contributed by atoms with E-state index in [2.05, 4.69) is 58.7 Å². The number of H-pyrrole nitrogens is 1. The second-order valence-corrected chi connectivity index (χ2v) is 9.60. The molecule has 3 aromatic rings. The molecule has 0 saturated heterocycles. The molecule has 5 rings (SSSR count). The highest BCUT2D eigenvalue weighted by molar-refractivity contribution is 7.99. The van der Waals surface area contributed by atoms with Crippen LogP contribution in [0.15, 0.2) is 59.9 Å². The normalized spacial score (nSPS) is 15.3. The lowest BCUT2D eigenvalue weighted by Gasteiger charge is -2.18. The fourth-order valence-corrected chi connectivity index (χ4v) is 5.55. The molecule has 0 radical (unpaired) electrons. The highest BCUT2D eigenvalue weighted by Crippen LogP contribution is 2.41. The molecule has 0 fully saturated rings. The number of carbonyl (C=O) groups is 1. The molecular formula is C27H28N4OS. The summed E-state index contributed by atoms with van der Waals surface area (Å²) in [5.74, 6) is 1.78. The van der Waals surface area contributed by atoms with Crippen LogP contribution in [-0.4, -0.2) is 16.6 Å². The van der Waals surface area contributed by atoms with Crippen molar-refractivity contribution in [3.05, 3.63) is 88.5 Å². The van der Waals surface area contributed by atoms with Gasteiger partial charge in [0.15, 0.2) is 0 Å². The van der Waals surface area contributed by atoms with Gasteiger partial charge < -0.3 is 20.9 Å². The van der Waals surface area contributed by atoms with Gasteiger partial charge in [-0.15, -0.1) is 11.8 Å². The summed E-state index contributed by atoms with van der Waals surface area (Å²) in [5, 5.41) is 9.85. The van der Waals surface area contributed by atoms with Crippen LogP contribution in [0.2, 0.25) is 0 Å². The van der Waals surface area contributed by atoms with Gasteiger partial charge in [-0.2, -0.15) is 0 Å². The zero-order valence-electron chi connectivity index (χ0n) is 19.0. The number of anilines is 2. The molecule has 6 heteroatoms. The number of hydrogen-bond donors (Lipinski definition) is 4. The van der Waals surface area contributed by atoms with Crippen LogP contribution in [0.3, 0.4) is 0 Å². The Kier molecular flexibility index (Phi) is 5.77. The van der Waals surface area contributed by atoms with Crippen LogP contribution in [0.4, 0.5) is 11.4 Å². The van der Waals surface area contributed by atoms with E-state index in [-0.39, 0.29) is 5.91 Å². The fraction of sp³-hybridized carbons (Fsp3) is 0.222. The Balaban J connectivity index is 1.39. The monoisotopic (exact) mass is 456 g/mol. The van der Waals surface area contributed by atoms with Gasteiger partial charge in [0.25, 0.3) is 5.91 Å². The molecule has 1 amide bonds. The van der Waals surface area contributed by atoms with Crippen molar-refractivity contribution in [2.24, 2.45) is 0 Å². The Morgan fingerprint density at radius 1 is 1.24 bits per heavy atom. The van der Waals surface area contributed by atoms with Gasteiger partial charge in [-0.1, -0.05) is 31.7 Å². The average Bonchev–Trinajstić information content (AvgIpc) is 3.53. The zero-order valence-corrected chi connectivity index (χ0v) is 19.8. The van der Waals surface area contributed by atoms with Crippen molar-refractivity contribution >= 4 is 40.7 Å². The van der Waals surface area contributed by atoms with Crippen molar-refractivity contribution in [1.29, 1.82) is 0 Å². The summed E-state index contributed by atoms with van der Waals surface area (Å²) in [6.45, 7) is 9.04. The summed E-state index contributed by atoms with van der Waals surface area (Å²) < 4.78 is 0. The van der Waals surface area contributed by atoms with Crippen molar-refractivity contribution in [3.8, 4) is 0 Å². The first-order valence-electron chi connectivity index (χ1n) is 11.3. The van der Waals surface area contributed by atoms with E-state index in [1.54, 1.807) is 0 Å². The van der Waals surface area contributed by atoms with Crippen LogP contribution in [-0.2, 0) is 24.2 Å². The largest absolute Gasteiger partial charge is 0.368 e. The van der Waals surface area contributed by atoms with E-state index in [9.17, 15) is 4.79 Å². The van der Waals surface area contributed by atoms with Crippen LogP contribution in [0.25, 0.3) is 11.6 Å². The van der Waals surface area contributed by atoms with E-state index >= 15 is 0 Å². The van der Waals surface area contributed by atoms with E-state index in [4.69, 9.17) is 0 Å². The van der Waals surface area contributed by atoms with Crippen molar-refractivity contribution in [2.75, 3.05) is 16.4 Å². The minimum atomic E-state index is -0.0930. The third kappa shape index (κ3) is 4.18. The lowest BCUT2D eigenvalue weighted by atomic mass is 9.99. The molecule has 168 valence electrons. The van der Waals surface area contributed by atoms with Crippen molar-refractivity contribution in [1.82, 2.24) is 10.3 Å². The van der Waals surface area contributed by atoms with Crippen molar-refractivity contribution in [2.45, 2.75) is 38.1 Å². The summed E-state index contributed by atoms with van der Waals surface area (Å²) in [6.07, 6.45) is 5.92. The lowest BCUT2D eigenvalue weighted by molar-refractivity contribution is -0.110. The number of aromatic nitrogens is 1. The molecule has 4 N–H and O–H groups in total. The Bertz CT molecular complexity index is 1290. The molecule has 33 heavy (non-hydrogen) atoms. The molecule has 1 aromatic heterocycles. The smallest absolute Gasteiger partial charge is 0.256 e. The van der Waals surface area contributed by atoms with Crippen molar-refractivity contribution < 1.29 is 4.79 Å². The minimum Gasteiger partial charge on any atom is -0.368 e. The van der Waals surface area contributed by atoms with Crippen LogP contribution in [0.1, 0.15) is 40.4 Å². The maximum absolute atomic E-state index is 12.8. The SMILES string of the molecule is C=C(NCc1ccc2c(c1)SCC2)Nc1c(C)ccc2c1/C(=C/c1[nH]ccc1CC)C(=O)N2. The lowest BCUT2D eigenvalue weighted by Crippen LogP contribution is -2.19. The number of carbonyl (C=O) groups excluding carboxylic acids is 1. The number of rotatable bonds is 7. The third-order valence-corrected chi connectivity index (χ3v) is 7.36. The Labute approximate surface area is 198 Å². The molecule has 0 unspecified atom stereocenters. The van der Waals surface area contributed by atoms with E-state index < -0.39 is 0 Å². The molecule has 0 spiro atoms. The zero-order chi connectivity index (χ0) is 22.9. The highest BCUT2D eigenvalue weighted by Gasteiger charge is 2.28. The molecule has 3 heterocycles. The second kappa shape index (κ2) is 8.87. The summed E-state index contributed by atoms with van der Waals surface area (Å²) in [5.41, 5.74) is 9.12. The molecule has 0 atom stereocenters. The third-order valence-electron chi connectivity index (χ3n) is 6.26. The van der Waals surface area contributed by atoms with Gasteiger partial charge in [-0.25, -0.2) is 0 Å². The van der Waals surface area contributed by atoms with Gasteiger partial charge in [0, 0.05) is 34.6 Å². The first-order valence-corrected chi connectivity index (χ1v) is 12.3. The van der Waals surface area contributed by atoms with Crippen molar-refractivity contribution in [3.63, 3.8) is 0 Å². The number of amides is 1. The van der Waals surface area contributed by atoms with Crippen LogP contribution in [0, 0.1) is 6.92 Å². The average molecular weight is 457 g/mol. The number of nitrogens with one attached hydrogen (secondary N) is 4. The molecule has 0 saturated carbocycles. The van der Waals surface area contributed by atoms with E-state index in [0.717, 1.165) is 41.0 Å². The number of hydrogen-bond acceptors (Lipinski definition) is 4. The van der Waals surface area contributed by atoms with Gasteiger partial charge in [-0.3, -0.25) is 4.79 Å². The molecule has 2 aliphatic rings. The topological polar surface area (TPSA) is 68.9 Å². The van der Waals surface area contributed by atoms with Crippen LogP contribution in [0.5, 0.6) is 0 Å². The minimum absolute atomic E-state index is 0.0930. The Morgan fingerprint density at radius 2 is 2.12 bits per heavy atom. The van der Waals surface area contributed by atoms with E-state index in [0.29, 0.717) is 17.9 Å². The molecular weight excluding hydrogens is 428 g/mol. The first kappa shape index (κ1) is 21.5. The summed E-state index contributed by atoms with van der Waals surface area (Å²) in [4.78, 5) is 17.5. The van der Waals surface area contributed by atoms with Crippen LogP contribution >= 0.6 is 11.8 Å². The van der Waals surface area contributed by atoms with E-state index in [1.807, 2.05) is 43.1 Å². The molecule has 2 aliphatic heterocycles. The number of aryl methyl sites for hydroxylation is 3. The van der Waals surface area contributed by atoms with Gasteiger partial charge in [0.05, 0.1) is 22.8 Å². The number of aromatic amines is 1. The van der Waals surface area contributed by atoms with Gasteiger partial charge in [0.2, 0.25) is 0 Å². The highest BCUT2D eigenvalue weighted by atomic mass is 32.2. The molecule has 5 nitrogen and oxygen atoms in total. The summed E-state index contributed by atoms with van der Waals surface area (Å²) in [7, 11) is 0. The van der Waals surface area contributed by atoms with Crippen LogP contribution < -0.4 is 16.0 Å². The number of thioether (sulfide) groups is 1. The Morgan fingerprint density at radius 3 is 2.97 bits per heavy atom. The summed E-state index contributed by atoms with van der Waals surface area (Å²) >= 11 is 1.93. The second-order valence-electron chi connectivity index (χ2n) is 8.46. The predicted molar refractivity (Wildman–Crippen MR) is 138 cm³/mol. The molecule has 2 aromatic carbocycles. The maximum atomic E-state index is 12.8. The predicted octanol–water partition coefficient (Wildman–Crippen LogP) is 5.70. The van der Waals surface area contributed by atoms with Gasteiger partial charge in [0.1, 0.15) is 0 Å². The molecule has 0 aliphatic carbocycles. The summed E-state index contributed by atoms with van der Waals surface area (Å²) in [6, 6.07) is 12.7. The first-order chi connectivity index (χ1) is 16.0. The quantitative estimate of drug-likeness (QED) is 0.344. The fourth-order valence-electron chi connectivity index (χ4n) is 4.42. The van der Waals surface area contributed by atoms with Gasteiger partial charge in [-0.05, 0) is 66.3 Å².